The lowest BCUT2D eigenvalue weighted by molar-refractivity contribution is -0.136. The normalized spacial score (nSPS) is 9.67. The molecular formula is C11H13NO3. The van der Waals surface area contributed by atoms with Crippen LogP contribution in [0.2, 0.25) is 0 Å². The first-order valence-corrected chi connectivity index (χ1v) is 4.64. The van der Waals surface area contributed by atoms with E-state index in [1.165, 1.54) is 4.90 Å². The van der Waals surface area contributed by atoms with Crippen molar-refractivity contribution in [2.75, 3.05) is 11.4 Å². The van der Waals surface area contributed by atoms with Gasteiger partial charge in [-0.2, -0.15) is 0 Å². The van der Waals surface area contributed by atoms with Crippen molar-refractivity contribution < 1.29 is 14.7 Å². The van der Waals surface area contributed by atoms with Crippen LogP contribution in [-0.2, 0) is 9.59 Å². The number of para-hydroxylation sites is 1. The van der Waals surface area contributed by atoms with Gasteiger partial charge in [-0.25, -0.2) is 0 Å². The summed E-state index contributed by atoms with van der Waals surface area (Å²) in [4.78, 5) is 22.6. The number of carboxylic acid groups (broad SMARTS) is 1. The fourth-order valence-corrected chi connectivity index (χ4v) is 1.33. The van der Waals surface area contributed by atoms with Crippen LogP contribution in [0.5, 0.6) is 0 Å². The molecule has 1 N–H and O–H groups in total. The Balaban J connectivity index is 2.78. The summed E-state index contributed by atoms with van der Waals surface area (Å²) in [5, 5.41) is 8.53. The molecule has 4 heteroatoms. The van der Waals surface area contributed by atoms with Gasteiger partial charge in [0.25, 0.3) is 0 Å². The Kier molecular flexibility index (Phi) is 3.85. The van der Waals surface area contributed by atoms with E-state index in [4.69, 9.17) is 5.11 Å². The van der Waals surface area contributed by atoms with Crippen LogP contribution in [0.15, 0.2) is 24.3 Å². The molecular weight excluding hydrogens is 194 g/mol. The predicted octanol–water partition coefficient (Wildman–Crippen LogP) is 1.43. The molecule has 0 radical (unpaired) electrons. The van der Waals surface area contributed by atoms with E-state index >= 15 is 0 Å². The number of aryl methyl sites for hydroxylation is 1. The average Bonchev–Trinajstić information content (AvgIpc) is 2.21. The maximum absolute atomic E-state index is 10.8. The van der Waals surface area contributed by atoms with Crippen LogP contribution >= 0.6 is 0 Å². The van der Waals surface area contributed by atoms with Gasteiger partial charge in [0, 0.05) is 12.2 Å². The highest BCUT2D eigenvalue weighted by Crippen LogP contribution is 2.17. The van der Waals surface area contributed by atoms with Gasteiger partial charge in [0.1, 0.15) is 0 Å². The van der Waals surface area contributed by atoms with Gasteiger partial charge in [0.15, 0.2) is 0 Å². The van der Waals surface area contributed by atoms with Crippen molar-refractivity contribution in [1.29, 1.82) is 0 Å². The van der Waals surface area contributed by atoms with Crippen LogP contribution in [0.25, 0.3) is 0 Å². The van der Waals surface area contributed by atoms with Crippen LogP contribution in [-0.4, -0.2) is 24.0 Å². The number of benzene rings is 1. The Morgan fingerprint density at radius 1 is 1.47 bits per heavy atom. The fourth-order valence-electron chi connectivity index (χ4n) is 1.33. The minimum Gasteiger partial charge on any atom is -0.481 e. The van der Waals surface area contributed by atoms with Gasteiger partial charge in [-0.15, -0.1) is 0 Å². The molecule has 1 amide bonds. The molecule has 0 aliphatic heterocycles. The van der Waals surface area contributed by atoms with Crippen LogP contribution in [0.3, 0.4) is 0 Å². The number of aliphatic carboxylic acids is 1. The molecule has 0 aliphatic rings. The third-order valence-corrected chi connectivity index (χ3v) is 2.12. The van der Waals surface area contributed by atoms with Crippen LogP contribution in [0.4, 0.5) is 5.69 Å². The first-order valence-electron chi connectivity index (χ1n) is 4.64. The van der Waals surface area contributed by atoms with Crippen LogP contribution in [0, 0.1) is 6.92 Å². The van der Waals surface area contributed by atoms with Crippen LogP contribution in [0.1, 0.15) is 12.0 Å². The molecule has 0 unspecified atom stereocenters. The second-order valence-electron chi connectivity index (χ2n) is 3.23. The summed E-state index contributed by atoms with van der Waals surface area (Å²) in [6, 6.07) is 7.37. The molecule has 1 aromatic carbocycles. The van der Waals surface area contributed by atoms with Crippen molar-refractivity contribution in [3.05, 3.63) is 29.8 Å². The van der Waals surface area contributed by atoms with E-state index in [2.05, 4.69) is 0 Å². The molecule has 0 fully saturated rings. The second-order valence-corrected chi connectivity index (χ2v) is 3.23. The van der Waals surface area contributed by atoms with Gasteiger partial charge in [-0.1, -0.05) is 18.2 Å². The first kappa shape index (κ1) is 11.2. The van der Waals surface area contributed by atoms with E-state index in [0.717, 1.165) is 11.3 Å². The molecule has 0 aliphatic carbocycles. The molecule has 80 valence electrons. The lowest BCUT2D eigenvalue weighted by Crippen LogP contribution is -2.24. The van der Waals surface area contributed by atoms with Crippen molar-refractivity contribution in [2.24, 2.45) is 0 Å². The Morgan fingerprint density at radius 3 is 2.67 bits per heavy atom. The summed E-state index contributed by atoms with van der Waals surface area (Å²) in [6.45, 7) is 2.08. The van der Waals surface area contributed by atoms with Gasteiger partial charge in [0.2, 0.25) is 6.41 Å². The van der Waals surface area contributed by atoms with Gasteiger partial charge in [0.05, 0.1) is 6.42 Å². The van der Waals surface area contributed by atoms with E-state index < -0.39 is 5.97 Å². The Morgan fingerprint density at radius 2 is 2.13 bits per heavy atom. The van der Waals surface area contributed by atoms with Crippen molar-refractivity contribution in [3.8, 4) is 0 Å². The quantitative estimate of drug-likeness (QED) is 0.743. The molecule has 4 nitrogen and oxygen atoms in total. The van der Waals surface area contributed by atoms with Gasteiger partial charge < -0.3 is 10.0 Å². The zero-order chi connectivity index (χ0) is 11.3. The standard InChI is InChI=1S/C11H13NO3/c1-9-4-2-3-5-10(9)12(8-13)7-6-11(14)15/h2-5,8H,6-7H2,1H3,(H,14,15). The Hall–Kier alpha value is -1.84. The lowest BCUT2D eigenvalue weighted by atomic mass is 10.2. The van der Waals surface area contributed by atoms with E-state index in [-0.39, 0.29) is 13.0 Å². The Bertz CT molecular complexity index is 363. The molecule has 0 saturated heterocycles. The van der Waals surface area contributed by atoms with Gasteiger partial charge in [-0.3, -0.25) is 9.59 Å². The number of amides is 1. The number of carbonyl (C=O) groups excluding carboxylic acids is 1. The SMILES string of the molecule is Cc1ccccc1N(C=O)CCC(=O)O. The average molecular weight is 207 g/mol. The van der Waals surface area contributed by atoms with E-state index in [1.807, 2.05) is 25.1 Å². The number of carbonyl (C=O) groups is 2. The van der Waals surface area contributed by atoms with E-state index in [0.29, 0.717) is 6.41 Å². The Labute approximate surface area is 88.1 Å². The fraction of sp³-hybridized carbons (Fsp3) is 0.273. The molecule has 15 heavy (non-hydrogen) atoms. The maximum Gasteiger partial charge on any atom is 0.305 e. The molecule has 0 bridgehead atoms. The number of hydrogen-bond donors (Lipinski definition) is 1. The highest BCUT2D eigenvalue weighted by Gasteiger charge is 2.08. The smallest absolute Gasteiger partial charge is 0.305 e. The maximum atomic E-state index is 10.8. The van der Waals surface area contributed by atoms with Gasteiger partial charge >= 0.3 is 5.97 Å². The summed E-state index contributed by atoms with van der Waals surface area (Å²) in [5.74, 6) is -0.907. The number of hydrogen-bond acceptors (Lipinski definition) is 2. The molecule has 1 rings (SSSR count). The lowest BCUT2D eigenvalue weighted by Gasteiger charge is -2.18. The largest absolute Gasteiger partial charge is 0.481 e. The highest BCUT2D eigenvalue weighted by atomic mass is 16.4. The minimum absolute atomic E-state index is 0.0485. The predicted molar refractivity (Wildman–Crippen MR) is 56.8 cm³/mol. The summed E-state index contributed by atoms with van der Waals surface area (Å²) in [6.07, 6.45) is 0.609. The number of anilines is 1. The molecule has 0 saturated carbocycles. The summed E-state index contributed by atoms with van der Waals surface area (Å²) >= 11 is 0. The third-order valence-electron chi connectivity index (χ3n) is 2.12. The molecule has 0 heterocycles. The first-order chi connectivity index (χ1) is 7.15. The second kappa shape index (κ2) is 5.14. The van der Waals surface area contributed by atoms with Crippen molar-refractivity contribution in [3.63, 3.8) is 0 Å². The summed E-state index contributed by atoms with van der Waals surface area (Å²) < 4.78 is 0. The van der Waals surface area contributed by atoms with Crippen molar-refractivity contribution in [1.82, 2.24) is 0 Å². The number of rotatable bonds is 5. The van der Waals surface area contributed by atoms with Crippen molar-refractivity contribution in [2.45, 2.75) is 13.3 Å². The minimum atomic E-state index is -0.907. The zero-order valence-electron chi connectivity index (χ0n) is 8.51. The van der Waals surface area contributed by atoms with Gasteiger partial charge in [-0.05, 0) is 18.6 Å². The third kappa shape index (κ3) is 3.09. The van der Waals surface area contributed by atoms with Crippen LogP contribution < -0.4 is 4.90 Å². The van der Waals surface area contributed by atoms with E-state index in [1.54, 1.807) is 6.07 Å². The highest BCUT2D eigenvalue weighted by molar-refractivity contribution is 5.78. The monoisotopic (exact) mass is 207 g/mol. The number of nitrogens with zero attached hydrogens (tertiary/aromatic N) is 1. The zero-order valence-corrected chi connectivity index (χ0v) is 8.51. The summed E-state index contributed by atoms with van der Waals surface area (Å²) in [7, 11) is 0. The van der Waals surface area contributed by atoms with E-state index in [9.17, 15) is 9.59 Å². The number of carboxylic acids is 1. The summed E-state index contributed by atoms with van der Waals surface area (Å²) in [5.41, 5.74) is 1.71. The molecule has 0 spiro atoms. The van der Waals surface area contributed by atoms with Crippen molar-refractivity contribution >= 4 is 18.1 Å². The molecule has 0 atom stereocenters. The topological polar surface area (TPSA) is 57.6 Å². The molecule has 0 aromatic heterocycles. The molecule has 1 aromatic rings.